The minimum absolute atomic E-state index is 0.348. The standard InChI is InChI=1S/C16H13F3N2/c17-16(18,19)14-8-13(5-4-12(14)10-20)15(6-1-7-21-15)9-11-2-3-11/h1,4-8,11H,2-3,9H2. The van der Waals surface area contributed by atoms with Crippen molar-refractivity contribution in [3.63, 3.8) is 0 Å². The van der Waals surface area contributed by atoms with Crippen LogP contribution in [0.1, 0.15) is 36.0 Å². The van der Waals surface area contributed by atoms with Crippen LogP contribution in [-0.4, -0.2) is 6.21 Å². The summed E-state index contributed by atoms with van der Waals surface area (Å²) in [7, 11) is 0. The second-order valence-corrected chi connectivity index (χ2v) is 5.58. The van der Waals surface area contributed by atoms with E-state index in [4.69, 9.17) is 5.26 Å². The van der Waals surface area contributed by atoms with E-state index in [1.807, 2.05) is 6.08 Å². The normalized spacial score (nSPS) is 24.3. The Morgan fingerprint density at radius 1 is 1.33 bits per heavy atom. The quantitative estimate of drug-likeness (QED) is 0.821. The highest BCUT2D eigenvalue weighted by molar-refractivity contribution is 5.76. The lowest BCUT2D eigenvalue weighted by Crippen LogP contribution is -2.21. The monoisotopic (exact) mass is 290 g/mol. The van der Waals surface area contributed by atoms with E-state index < -0.39 is 17.3 Å². The van der Waals surface area contributed by atoms with Crippen LogP contribution in [0.4, 0.5) is 13.2 Å². The molecule has 3 rings (SSSR count). The Kier molecular flexibility index (Phi) is 3.12. The molecule has 21 heavy (non-hydrogen) atoms. The lowest BCUT2D eigenvalue weighted by molar-refractivity contribution is -0.137. The van der Waals surface area contributed by atoms with Gasteiger partial charge in [-0.3, -0.25) is 4.99 Å². The average Bonchev–Trinajstić information content (AvgIpc) is 3.12. The predicted octanol–water partition coefficient (Wildman–Crippen LogP) is 4.21. The van der Waals surface area contributed by atoms with Crippen molar-refractivity contribution in [2.45, 2.75) is 31.0 Å². The first-order valence-electron chi connectivity index (χ1n) is 6.79. The van der Waals surface area contributed by atoms with Crippen LogP contribution in [0.2, 0.25) is 0 Å². The number of halogens is 3. The lowest BCUT2D eigenvalue weighted by Gasteiger charge is -2.26. The van der Waals surface area contributed by atoms with E-state index in [1.165, 1.54) is 6.07 Å². The van der Waals surface area contributed by atoms with E-state index in [1.54, 1.807) is 24.4 Å². The van der Waals surface area contributed by atoms with Crippen LogP contribution in [0.25, 0.3) is 0 Å². The molecular formula is C16H13F3N2. The van der Waals surface area contributed by atoms with Crippen molar-refractivity contribution in [2.24, 2.45) is 10.9 Å². The first-order chi connectivity index (χ1) is 9.94. The maximum atomic E-state index is 13.1. The van der Waals surface area contributed by atoms with Crippen molar-refractivity contribution >= 4 is 6.21 Å². The molecule has 0 aromatic heterocycles. The maximum absolute atomic E-state index is 13.1. The first kappa shape index (κ1) is 13.9. The van der Waals surface area contributed by atoms with Gasteiger partial charge in [0.05, 0.1) is 17.2 Å². The Labute approximate surface area is 120 Å². The van der Waals surface area contributed by atoms with Gasteiger partial charge in [0, 0.05) is 6.21 Å². The number of benzene rings is 1. The Hall–Kier alpha value is -2.09. The van der Waals surface area contributed by atoms with Gasteiger partial charge in [-0.25, -0.2) is 0 Å². The van der Waals surface area contributed by atoms with Crippen molar-refractivity contribution in [1.29, 1.82) is 5.26 Å². The molecule has 1 fully saturated rings. The number of aliphatic imine (C=N–C) groups is 1. The van der Waals surface area contributed by atoms with Crippen molar-refractivity contribution in [2.75, 3.05) is 0 Å². The van der Waals surface area contributed by atoms with Gasteiger partial charge in [0.1, 0.15) is 5.54 Å². The molecule has 0 bridgehead atoms. The van der Waals surface area contributed by atoms with Gasteiger partial charge >= 0.3 is 6.18 Å². The number of nitrogens with zero attached hydrogens (tertiary/aromatic N) is 2. The Morgan fingerprint density at radius 3 is 2.62 bits per heavy atom. The zero-order valence-electron chi connectivity index (χ0n) is 11.2. The minimum atomic E-state index is -4.53. The van der Waals surface area contributed by atoms with Gasteiger partial charge in [0.2, 0.25) is 0 Å². The molecule has 1 aromatic rings. The zero-order chi connectivity index (χ0) is 15.1. The van der Waals surface area contributed by atoms with Crippen LogP contribution >= 0.6 is 0 Å². The second-order valence-electron chi connectivity index (χ2n) is 5.58. The van der Waals surface area contributed by atoms with Gasteiger partial charge in [-0.05, 0) is 36.1 Å². The molecule has 0 N–H and O–H groups in total. The van der Waals surface area contributed by atoms with Crippen LogP contribution in [0.15, 0.2) is 35.3 Å². The largest absolute Gasteiger partial charge is 0.417 e. The highest BCUT2D eigenvalue weighted by Crippen LogP contribution is 2.46. The van der Waals surface area contributed by atoms with E-state index in [9.17, 15) is 13.2 Å². The van der Waals surface area contributed by atoms with Crippen LogP contribution in [0.3, 0.4) is 0 Å². The molecule has 1 atom stereocenters. The van der Waals surface area contributed by atoms with Crippen LogP contribution in [-0.2, 0) is 11.7 Å². The Morgan fingerprint density at radius 2 is 2.10 bits per heavy atom. The summed E-state index contributed by atoms with van der Waals surface area (Å²) in [5, 5.41) is 8.86. The third-order valence-corrected chi connectivity index (χ3v) is 4.01. The summed E-state index contributed by atoms with van der Waals surface area (Å²) in [6, 6.07) is 5.52. The van der Waals surface area contributed by atoms with E-state index in [-0.39, 0.29) is 5.56 Å². The molecule has 2 nitrogen and oxygen atoms in total. The third kappa shape index (κ3) is 2.58. The fraction of sp³-hybridized carbons (Fsp3) is 0.375. The number of rotatable bonds is 3. The van der Waals surface area contributed by atoms with E-state index in [0.29, 0.717) is 11.5 Å². The van der Waals surface area contributed by atoms with Gasteiger partial charge in [0.25, 0.3) is 0 Å². The van der Waals surface area contributed by atoms with E-state index >= 15 is 0 Å². The van der Waals surface area contributed by atoms with Crippen LogP contribution in [0, 0.1) is 17.2 Å². The number of allylic oxidation sites excluding steroid dienone is 1. The molecule has 2 aliphatic rings. The molecule has 1 aromatic carbocycles. The molecule has 1 heterocycles. The minimum Gasteiger partial charge on any atom is -0.278 e. The molecule has 1 aliphatic heterocycles. The lowest BCUT2D eigenvalue weighted by atomic mass is 9.84. The molecule has 5 heteroatoms. The highest BCUT2D eigenvalue weighted by Gasteiger charge is 2.40. The highest BCUT2D eigenvalue weighted by atomic mass is 19.4. The SMILES string of the molecule is N#Cc1ccc(C2(CC3CC3)C=CC=N2)cc1C(F)(F)F. The van der Waals surface area contributed by atoms with Crippen LogP contribution in [0.5, 0.6) is 0 Å². The number of alkyl halides is 3. The van der Waals surface area contributed by atoms with Gasteiger partial charge < -0.3 is 0 Å². The zero-order valence-corrected chi connectivity index (χ0v) is 11.2. The topological polar surface area (TPSA) is 36.1 Å². The summed E-state index contributed by atoms with van der Waals surface area (Å²) < 4.78 is 39.3. The van der Waals surface area contributed by atoms with Gasteiger partial charge in [-0.15, -0.1) is 0 Å². The second kappa shape index (κ2) is 4.73. The van der Waals surface area contributed by atoms with Crippen molar-refractivity contribution < 1.29 is 13.2 Å². The van der Waals surface area contributed by atoms with Crippen molar-refractivity contribution in [3.8, 4) is 6.07 Å². The molecule has 0 amide bonds. The molecule has 1 aliphatic carbocycles. The molecule has 0 radical (unpaired) electrons. The summed E-state index contributed by atoms with van der Waals surface area (Å²) in [5.74, 6) is 0.523. The van der Waals surface area contributed by atoms with Crippen LogP contribution < -0.4 is 0 Å². The molecule has 1 unspecified atom stereocenters. The van der Waals surface area contributed by atoms with Gasteiger partial charge in [-0.2, -0.15) is 18.4 Å². The summed E-state index contributed by atoms with van der Waals surface area (Å²) in [5.41, 5.74) is -1.42. The molecular weight excluding hydrogens is 277 g/mol. The number of hydrogen-bond donors (Lipinski definition) is 0. The molecule has 0 spiro atoms. The van der Waals surface area contributed by atoms with Gasteiger partial charge in [-0.1, -0.05) is 25.0 Å². The van der Waals surface area contributed by atoms with E-state index in [2.05, 4.69) is 4.99 Å². The first-order valence-corrected chi connectivity index (χ1v) is 6.79. The van der Waals surface area contributed by atoms with Crippen molar-refractivity contribution in [1.82, 2.24) is 0 Å². The molecule has 108 valence electrons. The van der Waals surface area contributed by atoms with E-state index in [0.717, 1.165) is 25.3 Å². The number of hydrogen-bond acceptors (Lipinski definition) is 2. The third-order valence-electron chi connectivity index (χ3n) is 4.01. The Bertz CT molecular complexity index is 649. The number of nitriles is 1. The summed E-state index contributed by atoms with van der Waals surface area (Å²) in [6.45, 7) is 0. The fourth-order valence-corrected chi connectivity index (χ4v) is 2.74. The van der Waals surface area contributed by atoms with Crippen molar-refractivity contribution in [3.05, 3.63) is 47.0 Å². The summed E-state index contributed by atoms with van der Waals surface area (Å²) >= 11 is 0. The average molecular weight is 290 g/mol. The molecule has 1 saturated carbocycles. The summed E-state index contributed by atoms with van der Waals surface area (Å²) in [6.07, 6.45) is 3.66. The Balaban J connectivity index is 2.07. The maximum Gasteiger partial charge on any atom is 0.417 e. The van der Waals surface area contributed by atoms with Gasteiger partial charge in [0.15, 0.2) is 0 Å². The predicted molar refractivity (Wildman–Crippen MR) is 72.8 cm³/mol. The smallest absolute Gasteiger partial charge is 0.278 e. The molecule has 0 saturated heterocycles. The summed E-state index contributed by atoms with van der Waals surface area (Å²) in [4.78, 5) is 4.41. The fourth-order valence-electron chi connectivity index (χ4n) is 2.74.